The number of nitrogens with one attached hydrogen (secondary N) is 1. The Kier molecular flexibility index (Phi) is 3.89. The van der Waals surface area contributed by atoms with Gasteiger partial charge in [0, 0.05) is 11.5 Å². The molecule has 1 N–H and O–H groups in total. The quantitative estimate of drug-likeness (QED) is 0.854. The van der Waals surface area contributed by atoms with Gasteiger partial charge < -0.3 is 4.98 Å². The average Bonchev–Trinajstić information content (AvgIpc) is 2.15. The number of hydrogen-bond donors (Lipinski definition) is 1. The molecule has 0 unspecified atom stereocenters. The fraction of sp³-hybridized carbons (Fsp3) is 0.692. The van der Waals surface area contributed by atoms with Crippen molar-refractivity contribution in [2.75, 3.05) is 0 Å². The zero-order valence-electron chi connectivity index (χ0n) is 11.1. The van der Waals surface area contributed by atoms with Crippen LogP contribution in [0.25, 0.3) is 0 Å². The highest BCUT2D eigenvalue weighted by molar-refractivity contribution is 5.24. The predicted molar refractivity (Wildman–Crippen MR) is 67.1 cm³/mol. The van der Waals surface area contributed by atoms with Gasteiger partial charge in [0.05, 0.1) is 5.69 Å². The van der Waals surface area contributed by atoms with Gasteiger partial charge in [0.25, 0.3) is 5.56 Å². The third-order valence-electron chi connectivity index (χ3n) is 2.67. The van der Waals surface area contributed by atoms with Gasteiger partial charge in [0.2, 0.25) is 0 Å². The second kappa shape index (κ2) is 4.81. The summed E-state index contributed by atoms with van der Waals surface area (Å²) in [6, 6.07) is 0. The van der Waals surface area contributed by atoms with Crippen molar-refractivity contribution in [2.24, 2.45) is 0 Å². The summed E-state index contributed by atoms with van der Waals surface area (Å²) in [6.45, 7) is 12.3. The second-order valence-corrected chi connectivity index (χ2v) is 5.21. The minimum atomic E-state index is 0.0254. The molecule has 90 valence electrons. The molecule has 3 heteroatoms. The molecule has 1 heterocycles. The van der Waals surface area contributed by atoms with Crippen LogP contribution in [0, 0.1) is 0 Å². The highest BCUT2D eigenvalue weighted by atomic mass is 16.1. The first-order chi connectivity index (χ1) is 7.34. The lowest BCUT2D eigenvalue weighted by atomic mass is 9.96. The molecule has 1 aromatic rings. The van der Waals surface area contributed by atoms with Gasteiger partial charge >= 0.3 is 0 Å². The van der Waals surface area contributed by atoms with E-state index in [1.807, 2.05) is 27.7 Å². The van der Waals surface area contributed by atoms with Crippen molar-refractivity contribution >= 4 is 0 Å². The van der Waals surface area contributed by atoms with E-state index >= 15 is 0 Å². The molecule has 0 aliphatic carbocycles. The van der Waals surface area contributed by atoms with Crippen molar-refractivity contribution in [3.05, 3.63) is 27.4 Å². The molecule has 0 amide bonds. The first kappa shape index (κ1) is 12.9. The molecule has 0 fully saturated rings. The lowest BCUT2D eigenvalue weighted by Crippen LogP contribution is -2.22. The maximum absolute atomic E-state index is 12.0. The summed E-state index contributed by atoms with van der Waals surface area (Å²) in [5.74, 6) is 1.55. The molecule has 16 heavy (non-hydrogen) atoms. The van der Waals surface area contributed by atoms with Gasteiger partial charge in [-0.15, -0.1) is 0 Å². The van der Waals surface area contributed by atoms with Gasteiger partial charge in [-0.05, 0) is 11.8 Å². The summed E-state index contributed by atoms with van der Waals surface area (Å²) in [5.41, 5.74) is 1.80. The standard InChI is InChI=1S/C13H22N2O/c1-7(2)10-11(8(3)4)14-12(9(5)6)15-13(10)16/h7-9H,1-6H3,(H,14,15,16). The monoisotopic (exact) mass is 222 g/mol. The summed E-state index contributed by atoms with van der Waals surface area (Å²) >= 11 is 0. The van der Waals surface area contributed by atoms with Crippen LogP contribution in [0.1, 0.15) is 76.4 Å². The van der Waals surface area contributed by atoms with Crippen LogP contribution in [0.3, 0.4) is 0 Å². The number of hydrogen-bond acceptors (Lipinski definition) is 2. The minimum Gasteiger partial charge on any atom is -0.310 e. The summed E-state index contributed by atoms with van der Waals surface area (Å²) in [7, 11) is 0. The molecule has 0 aliphatic rings. The van der Waals surface area contributed by atoms with Crippen LogP contribution in [0.5, 0.6) is 0 Å². The molecule has 0 radical (unpaired) electrons. The van der Waals surface area contributed by atoms with E-state index in [2.05, 4.69) is 23.8 Å². The zero-order valence-corrected chi connectivity index (χ0v) is 11.1. The first-order valence-corrected chi connectivity index (χ1v) is 5.98. The van der Waals surface area contributed by atoms with E-state index in [9.17, 15) is 4.79 Å². The highest BCUT2D eigenvalue weighted by Gasteiger charge is 2.17. The summed E-state index contributed by atoms with van der Waals surface area (Å²) in [4.78, 5) is 19.5. The van der Waals surface area contributed by atoms with E-state index in [4.69, 9.17) is 0 Å². The lowest BCUT2D eigenvalue weighted by molar-refractivity contribution is 0.684. The topological polar surface area (TPSA) is 45.8 Å². The van der Waals surface area contributed by atoms with Crippen LogP contribution in [0.2, 0.25) is 0 Å². The van der Waals surface area contributed by atoms with Crippen molar-refractivity contribution in [1.29, 1.82) is 0 Å². The second-order valence-electron chi connectivity index (χ2n) is 5.21. The summed E-state index contributed by atoms with van der Waals surface area (Å²) < 4.78 is 0. The summed E-state index contributed by atoms with van der Waals surface area (Å²) in [6.07, 6.45) is 0. The minimum absolute atomic E-state index is 0.0254. The zero-order chi connectivity index (χ0) is 12.5. The predicted octanol–water partition coefficient (Wildman–Crippen LogP) is 3.14. The van der Waals surface area contributed by atoms with Gasteiger partial charge in [-0.2, -0.15) is 0 Å². The van der Waals surface area contributed by atoms with Gasteiger partial charge in [-0.25, -0.2) is 4.98 Å². The van der Waals surface area contributed by atoms with Crippen LogP contribution in [-0.4, -0.2) is 9.97 Å². The van der Waals surface area contributed by atoms with Crippen molar-refractivity contribution in [2.45, 2.75) is 59.3 Å². The van der Waals surface area contributed by atoms with Gasteiger partial charge in [0.1, 0.15) is 5.82 Å². The van der Waals surface area contributed by atoms with Crippen LogP contribution in [0.4, 0.5) is 0 Å². The third kappa shape index (κ3) is 2.52. The Morgan fingerprint density at radius 2 is 1.50 bits per heavy atom. The van der Waals surface area contributed by atoms with Crippen molar-refractivity contribution in [1.82, 2.24) is 9.97 Å². The molecule has 0 aliphatic heterocycles. The van der Waals surface area contributed by atoms with Gasteiger partial charge in [-0.1, -0.05) is 41.5 Å². The third-order valence-corrected chi connectivity index (χ3v) is 2.67. The van der Waals surface area contributed by atoms with Crippen LogP contribution in [-0.2, 0) is 0 Å². The molecule has 0 bridgehead atoms. The van der Waals surface area contributed by atoms with Crippen molar-refractivity contribution < 1.29 is 0 Å². The van der Waals surface area contributed by atoms with E-state index in [1.54, 1.807) is 0 Å². The van der Waals surface area contributed by atoms with E-state index in [1.165, 1.54) is 0 Å². The molecular formula is C13H22N2O. The Balaban J connectivity index is 3.46. The van der Waals surface area contributed by atoms with Gasteiger partial charge in [0.15, 0.2) is 0 Å². The normalized spacial score (nSPS) is 11.8. The Labute approximate surface area is 97.3 Å². The number of H-pyrrole nitrogens is 1. The number of nitrogens with zero attached hydrogens (tertiary/aromatic N) is 1. The van der Waals surface area contributed by atoms with Crippen LogP contribution in [0.15, 0.2) is 4.79 Å². The fourth-order valence-corrected chi connectivity index (χ4v) is 1.79. The molecule has 0 spiro atoms. The maximum atomic E-state index is 12.0. The van der Waals surface area contributed by atoms with Gasteiger partial charge in [-0.3, -0.25) is 4.79 Å². The van der Waals surface area contributed by atoms with Crippen LogP contribution < -0.4 is 5.56 Å². The van der Waals surface area contributed by atoms with E-state index in [0.717, 1.165) is 17.1 Å². The first-order valence-electron chi connectivity index (χ1n) is 5.98. The highest BCUT2D eigenvalue weighted by Crippen LogP contribution is 2.22. The Morgan fingerprint density at radius 1 is 0.938 bits per heavy atom. The van der Waals surface area contributed by atoms with Crippen molar-refractivity contribution in [3.63, 3.8) is 0 Å². The number of rotatable bonds is 3. The molecule has 0 saturated heterocycles. The van der Waals surface area contributed by atoms with Crippen molar-refractivity contribution in [3.8, 4) is 0 Å². The maximum Gasteiger partial charge on any atom is 0.254 e. The smallest absolute Gasteiger partial charge is 0.254 e. The Morgan fingerprint density at radius 3 is 1.88 bits per heavy atom. The Bertz CT molecular complexity index is 416. The molecule has 1 aromatic heterocycles. The summed E-state index contributed by atoms with van der Waals surface area (Å²) in [5, 5.41) is 0. The van der Waals surface area contributed by atoms with E-state index in [-0.39, 0.29) is 23.3 Å². The van der Waals surface area contributed by atoms with E-state index < -0.39 is 0 Å². The molecular weight excluding hydrogens is 200 g/mol. The largest absolute Gasteiger partial charge is 0.310 e. The number of aromatic nitrogens is 2. The molecule has 0 aromatic carbocycles. The number of aromatic amines is 1. The SMILES string of the molecule is CC(C)c1nc(C(C)C)c(C(C)C)c(=O)[nH]1. The average molecular weight is 222 g/mol. The van der Waals surface area contributed by atoms with Crippen LogP contribution >= 0.6 is 0 Å². The molecule has 3 nitrogen and oxygen atoms in total. The Hall–Kier alpha value is -1.12. The molecule has 0 atom stereocenters. The fourth-order valence-electron chi connectivity index (χ4n) is 1.79. The van der Waals surface area contributed by atoms with E-state index in [0.29, 0.717) is 0 Å². The lowest BCUT2D eigenvalue weighted by Gasteiger charge is -2.16. The molecule has 0 saturated carbocycles. The molecule has 1 rings (SSSR count).